The van der Waals surface area contributed by atoms with Crippen LogP contribution in [0.15, 0.2) is 65.7 Å². The molecule has 3 aromatic rings. The molecule has 2 heterocycles. The summed E-state index contributed by atoms with van der Waals surface area (Å²) in [4.78, 5) is 17.0. The Balaban J connectivity index is 1.55. The summed E-state index contributed by atoms with van der Waals surface area (Å²) in [5, 5.41) is 3.23. The largest absolute Gasteiger partial charge is 0.573 e. The average molecular weight is 465 g/mol. The summed E-state index contributed by atoms with van der Waals surface area (Å²) >= 11 is 0. The summed E-state index contributed by atoms with van der Waals surface area (Å²) in [5.41, 5.74) is 0.543. The molecule has 168 valence electrons. The number of hydrogen-bond acceptors (Lipinski definition) is 5. The SMILES string of the molecule is O=C(Nc1ccc(OC(F)(F)F)cc1)C1CCCN1S(=O)(=O)c1cccc2cccnc12. The molecular weight excluding hydrogens is 447 g/mol. The number of anilines is 1. The number of nitrogens with zero attached hydrogens (tertiary/aromatic N) is 2. The van der Waals surface area contributed by atoms with Crippen molar-refractivity contribution in [3.05, 3.63) is 60.8 Å². The zero-order valence-corrected chi connectivity index (χ0v) is 17.4. The highest BCUT2D eigenvalue weighted by atomic mass is 32.2. The van der Waals surface area contributed by atoms with E-state index in [-0.39, 0.29) is 17.1 Å². The number of alkyl halides is 3. The van der Waals surface area contributed by atoms with Crippen molar-refractivity contribution in [2.45, 2.75) is 30.1 Å². The molecule has 2 aromatic carbocycles. The fraction of sp³-hybridized carbons (Fsp3) is 0.238. The van der Waals surface area contributed by atoms with E-state index in [2.05, 4.69) is 15.0 Å². The van der Waals surface area contributed by atoms with Crippen molar-refractivity contribution >= 4 is 32.5 Å². The van der Waals surface area contributed by atoms with Crippen LogP contribution in [-0.2, 0) is 14.8 Å². The van der Waals surface area contributed by atoms with Crippen molar-refractivity contribution < 1.29 is 31.1 Å². The summed E-state index contributed by atoms with van der Waals surface area (Å²) in [5.74, 6) is -0.993. The van der Waals surface area contributed by atoms with E-state index in [1.807, 2.05) is 0 Å². The van der Waals surface area contributed by atoms with Crippen LogP contribution in [0.4, 0.5) is 18.9 Å². The van der Waals surface area contributed by atoms with E-state index in [0.717, 1.165) is 16.4 Å². The van der Waals surface area contributed by atoms with E-state index < -0.39 is 34.1 Å². The summed E-state index contributed by atoms with van der Waals surface area (Å²) in [6, 6.07) is 12.0. The van der Waals surface area contributed by atoms with Crippen LogP contribution < -0.4 is 10.1 Å². The second kappa shape index (κ2) is 8.40. The van der Waals surface area contributed by atoms with Crippen molar-refractivity contribution in [2.24, 2.45) is 0 Å². The fourth-order valence-corrected chi connectivity index (χ4v) is 5.49. The quantitative estimate of drug-likeness (QED) is 0.617. The van der Waals surface area contributed by atoms with Crippen LogP contribution in [0.5, 0.6) is 5.75 Å². The van der Waals surface area contributed by atoms with Crippen LogP contribution in [0, 0.1) is 0 Å². The Hall–Kier alpha value is -3.18. The van der Waals surface area contributed by atoms with Crippen LogP contribution in [0.1, 0.15) is 12.8 Å². The number of hydrogen-bond donors (Lipinski definition) is 1. The molecule has 1 N–H and O–H groups in total. The molecule has 0 radical (unpaired) electrons. The Morgan fingerprint density at radius 3 is 2.53 bits per heavy atom. The third-order valence-electron chi connectivity index (χ3n) is 5.04. The Morgan fingerprint density at radius 2 is 1.81 bits per heavy atom. The topological polar surface area (TPSA) is 88.6 Å². The van der Waals surface area contributed by atoms with E-state index in [1.54, 1.807) is 24.3 Å². The van der Waals surface area contributed by atoms with E-state index in [0.29, 0.717) is 23.7 Å². The second-order valence-corrected chi connectivity index (χ2v) is 9.03. The highest BCUT2D eigenvalue weighted by Crippen LogP contribution is 2.30. The van der Waals surface area contributed by atoms with Gasteiger partial charge in [-0.1, -0.05) is 18.2 Å². The van der Waals surface area contributed by atoms with Crippen molar-refractivity contribution in [3.8, 4) is 5.75 Å². The van der Waals surface area contributed by atoms with Gasteiger partial charge in [0.25, 0.3) is 0 Å². The van der Waals surface area contributed by atoms with Crippen LogP contribution >= 0.6 is 0 Å². The van der Waals surface area contributed by atoms with Gasteiger partial charge in [-0.05, 0) is 49.2 Å². The van der Waals surface area contributed by atoms with Crippen LogP contribution in [0.3, 0.4) is 0 Å². The molecule has 7 nitrogen and oxygen atoms in total. The Morgan fingerprint density at radius 1 is 1.09 bits per heavy atom. The Labute approximate surface area is 181 Å². The molecule has 1 aromatic heterocycles. The number of para-hydroxylation sites is 1. The number of nitrogens with one attached hydrogen (secondary N) is 1. The predicted octanol–water partition coefficient (Wildman–Crippen LogP) is 3.93. The van der Waals surface area contributed by atoms with Gasteiger partial charge < -0.3 is 10.1 Å². The molecule has 0 bridgehead atoms. The van der Waals surface area contributed by atoms with Crippen LogP contribution in [0.2, 0.25) is 0 Å². The first kappa shape index (κ1) is 22.0. The van der Waals surface area contributed by atoms with E-state index >= 15 is 0 Å². The lowest BCUT2D eigenvalue weighted by molar-refractivity contribution is -0.274. The normalized spacial score (nSPS) is 17.4. The number of benzene rings is 2. The van der Waals surface area contributed by atoms with Crippen molar-refractivity contribution in [3.63, 3.8) is 0 Å². The zero-order chi connectivity index (χ0) is 22.9. The number of halogens is 3. The minimum atomic E-state index is -4.82. The summed E-state index contributed by atoms with van der Waals surface area (Å²) < 4.78 is 68.6. The molecule has 1 aliphatic heterocycles. The average Bonchev–Trinajstić information content (AvgIpc) is 3.25. The maximum absolute atomic E-state index is 13.4. The lowest BCUT2D eigenvalue weighted by atomic mass is 10.2. The number of rotatable bonds is 5. The molecule has 0 aliphatic carbocycles. The van der Waals surface area contributed by atoms with Gasteiger partial charge in [0, 0.05) is 23.8 Å². The fourth-order valence-electron chi connectivity index (χ4n) is 3.67. The van der Waals surface area contributed by atoms with Crippen molar-refractivity contribution in [1.29, 1.82) is 0 Å². The van der Waals surface area contributed by atoms with Gasteiger partial charge in [-0.2, -0.15) is 4.31 Å². The van der Waals surface area contributed by atoms with Gasteiger partial charge >= 0.3 is 6.36 Å². The van der Waals surface area contributed by atoms with Gasteiger partial charge in [0.1, 0.15) is 16.7 Å². The third kappa shape index (κ3) is 4.53. The second-order valence-electron chi connectivity index (χ2n) is 7.17. The van der Waals surface area contributed by atoms with Gasteiger partial charge in [0.05, 0.1) is 5.52 Å². The number of fused-ring (bicyclic) bond motifs is 1. The highest BCUT2D eigenvalue weighted by Gasteiger charge is 2.40. The first-order chi connectivity index (χ1) is 15.1. The van der Waals surface area contributed by atoms with Crippen molar-refractivity contribution in [1.82, 2.24) is 9.29 Å². The lowest BCUT2D eigenvalue weighted by Crippen LogP contribution is -2.43. The molecule has 0 spiro atoms. The van der Waals surface area contributed by atoms with Crippen molar-refractivity contribution in [2.75, 3.05) is 11.9 Å². The van der Waals surface area contributed by atoms with Gasteiger partial charge in [-0.15, -0.1) is 13.2 Å². The van der Waals surface area contributed by atoms with E-state index in [4.69, 9.17) is 0 Å². The van der Waals surface area contributed by atoms with Crippen LogP contribution in [0.25, 0.3) is 10.9 Å². The molecule has 1 aliphatic rings. The maximum Gasteiger partial charge on any atom is 0.573 e. The molecular formula is C21H18F3N3O4S. The molecule has 1 amide bonds. The first-order valence-electron chi connectivity index (χ1n) is 9.67. The van der Waals surface area contributed by atoms with Gasteiger partial charge in [-0.3, -0.25) is 9.78 Å². The standard InChI is InChI=1S/C21H18F3N3O4S/c22-21(23,24)31-16-10-8-15(9-11-16)26-20(28)17-6-3-13-27(17)32(29,30)18-7-1-4-14-5-2-12-25-19(14)18/h1-2,4-5,7-12,17H,3,6,13H2,(H,26,28). The Kier molecular flexibility index (Phi) is 5.78. The molecule has 1 fully saturated rings. The summed E-state index contributed by atoms with van der Waals surface area (Å²) in [7, 11) is -4.01. The number of pyridine rings is 1. The van der Waals surface area contributed by atoms with E-state index in [1.165, 1.54) is 24.4 Å². The third-order valence-corrected chi connectivity index (χ3v) is 6.98. The summed E-state index contributed by atoms with van der Waals surface area (Å²) in [6.07, 6.45) is -2.51. The molecule has 11 heteroatoms. The number of carbonyl (C=O) groups is 1. The molecule has 4 rings (SSSR count). The molecule has 32 heavy (non-hydrogen) atoms. The Bertz CT molecular complexity index is 1240. The predicted molar refractivity (Wildman–Crippen MR) is 110 cm³/mol. The number of aromatic nitrogens is 1. The minimum absolute atomic E-state index is 0.0175. The molecule has 1 atom stereocenters. The molecule has 1 unspecified atom stereocenters. The van der Waals surface area contributed by atoms with E-state index in [9.17, 15) is 26.4 Å². The number of amides is 1. The first-order valence-corrected chi connectivity index (χ1v) is 11.1. The molecule has 1 saturated heterocycles. The van der Waals surface area contributed by atoms with Gasteiger partial charge in [0.2, 0.25) is 15.9 Å². The maximum atomic E-state index is 13.4. The smallest absolute Gasteiger partial charge is 0.406 e. The number of sulfonamides is 1. The molecule has 0 saturated carbocycles. The van der Waals surface area contributed by atoms with Gasteiger partial charge in [-0.25, -0.2) is 8.42 Å². The number of carbonyl (C=O) groups excluding carboxylic acids is 1. The summed E-state index contributed by atoms with van der Waals surface area (Å²) in [6.45, 7) is 0.169. The number of ether oxygens (including phenoxy) is 1. The lowest BCUT2D eigenvalue weighted by Gasteiger charge is -2.24. The van der Waals surface area contributed by atoms with Crippen LogP contribution in [-0.4, -0.2) is 42.6 Å². The highest BCUT2D eigenvalue weighted by molar-refractivity contribution is 7.89. The van der Waals surface area contributed by atoms with Gasteiger partial charge in [0.15, 0.2) is 0 Å². The minimum Gasteiger partial charge on any atom is -0.406 e. The monoisotopic (exact) mass is 465 g/mol. The zero-order valence-electron chi connectivity index (χ0n) is 16.5.